The third kappa shape index (κ3) is 4.17. The van der Waals surface area contributed by atoms with Crippen molar-refractivity contribution in [2.24, 2.45) is 0 Å². The maximum absolute atomic E-state index is 11.6. The topological polar surface area (TPSA) is 99.9 Å². The van der Waals surface area contributed by atoms with Gasteiger partial charge in [0.25, 0.3) is 0 Å². The molecular weight excluding hydrogens is 352 g/mol. The van der Waals surface area contributed by atoms with Crippen molar-refractivity contribution in [1.82, 2.24) is 4.98 Å². The number of nitrogens with zero attached hydrogens (tertiary/aromatic N) is 1. The molecule has 3 aromatic rings. The summed E-state index contributed by atoms with van der Waals surface area (Å²) in [4.78, 5) is 27.2. The number of aryl methyl sites for hydroxylation is 1. The zero-order valence-corrected chi connectivity index (χ0v) is 15.1. The Morgan fingerprint density at radius 2 is 1.93 bits per heavy atom. The zero-order valence-electron chi connectivity index (χ0n) is 15.1. The van der Waals surface area contributed by atoms with Crippen LogP contribution >= 0.6 is 0 Å². The Balaban J connectivity index is 1.70. The molecule has 0 saturated carbocycles. The molecule has 1 aromatic heterocycles. The van der Waals surface area contributed by atoms with E-state index in [4.69, 9.17) is 13.9 Å². The monoisotopic (exact) mass is 370 g/mol. The van der Waals surface area contributed by atoms with Crippen molar-refractivity contribution in [2.75, 3.05) is 19.5 Å². The summed E-state index contributed by atoms with van der Waals surface area (Å²) in [6.07, 6.45) is -0.537. The number of esters is 1. The molecule has 0 aliphatic rings. The summed E-state index contributed by atoms with van der Waals surface area (Å²) in [7, 11) is 2.62. The number of fused-ring (bicyclic) bond motifs is 1. The minimum Gasteiger partial charge on any atom is -0.484 e. The fraction of sp³-hybridized carbons (Fsp3) is 0.211. The van der Waals surface area contributed by atoms with Crippen molar-refractivity contribution in [3.63, 3.8) is 0 Å². The standard InChI is InChI=1S/C19H18N2O6/c1-11-8-13(5-6-14(11)21-19(23)25-3)26-10-17-20-15-9-12(18(22)24-2)4-7-16(15)27-17/h4-9H,10H2,1-3H3,(H,21,23). The van der Waals surface area contributed by atoms with E-state index in [0.717, 1.165) is 5.56 Å². The fourth-order valence-electron chi connectivity index (χ4n) is 2.45. The van der Waals surface area contributed by atoms with Gasteiger partial charge >= 0.3 is 12.1 Å². The van der Waals surface area contributed by atoms with Gasteiger partial charge in [0.1, 0.15) is 11.3 Å². The van der Waals surface area contributed by atoms with Crippen molar-refractivity contribution in [3.8, 4) is 5.75 Å². The van der Waals surface area contributed by atoms with Crippen LogP contribution in [0.4, 0.5) is 10.5 Å². The van der Waals surface area contributed by atoms with Gasteiger partial charge in [0.05, 0.1) is 19.8 Å². The van der Waals surface area contributed by atoms with E-state index in [1.165, 1.54) is 14.2 Å². The first-order chi connectivity index (χ1) is 13.0. The molecule has 0 fully saturated rings. The van der Waals surface area contributed by atoms with Crippen LogP contribution < -0.4 is 10.1 Å². The van der Waals surface area contributed by atoms with Crippen LogP contribution in [0, 0.1) is 6.92 Å². The van der Waals surface area contributed by atoms with Crippen molar-refractivity contribution < 1.29 is 28.2 Å². The first-order valence-corrected chi connectivity index (χ1v) is 8.06. The van der Waals surface area contributed by atoms with E-state index in [2.05, 4.69) is 15.0 Å². The minimum absolute atomic E-state index is 0.117. The van der Waals surface area contributed by atoms with E-state index in [1.807, 2.05) is 6.92 Å². The van der Waals surface area contributed by atoms with Gasteiger partial charge in [-0.05, 0) is 48.9 Å². The Labute approximate surface area is 155 Å². The van der Waals surface area contributed by atoms with Gasteiger partial charge in [-0.1, -0.05) is 0 Å². The number of oxazole rings is 1. The summed E-state index contributed by atoms with van der Waals surface area (Å²) in [5, 5.41) is 2.61. The summed E-state index contributed by atoms with van der Waals surface area (Å²) < 4.78 is 20.6. The van der Waals surface area contributed by atoms with Crippen LogP contribution in [0.15, 0.2) is 40.8 Å². The second-order valence-corrected chi connectivity index (χ2v) is 5.66. The molecule has 0 atom stereocenters. The van der Waals surface area contributed by atoms with E-state index >= 15 is 0 Å². The average Bonchev–Trinajstić information content (AvgIpc) is 3.09. The molecule has 8 heteroatoms. The quantitative estimate of drug-likeness (QED) is 0.684. The number of methoxy groups -OCH3 is 2. The van der Waals surface area contributed by atoms with Crippen LogP contribution in [-0.2, 0) is 16.1 Å². The molecule has 1 N–H and O–H groups in total. The summed E-state index contributed by atoms with van der Waals surface area (Å²) in [6, 6.07) is 10.1. The zero-order chi connectivity index (χ0) is 19.4. The van der Waals surface area contributed by atoms with Crippen LogP contribution in [0.25, 0.3) is 11.1 Å². The Hall–Kier alpha value is -3.55. The summed E-state index contributed by atoms with van der Waals surface area (Å²) >= 11 is 0. The number of ether oxygens (including phenoxy) is 3. The van der Waals surface area contributed by atoms with E-state index in [1.54, 1.807) is 36.4 Å². The maximum Gasteiger partial charge on any atom is 0.411 e. The number of rotatable bonds is 5. The third-order valence-electron chi connectivity index (χ3n) is 3.84. The largest absolute Gasteiger partial charge is 0.484 e. The van der Waals surface area contributed by atoms with Crippen molar-refractivity contribution in [3.05, 3.63) is 53.4 Å². The molecule has 2 aromatic carbocycles. The first-order valence-electron chi connectivity index (χ1n) is 8.06. The molecule has 27 heavy (non-hydrogen) atoms. The van der Waals surface area contributed by atoms with Gasteiger partial charge in [0, 0.05) is 5.69 Å². The number of hydrogen-bond donors (Lipinski definition) is 1. The van der Waals surface area contributed by atoms with Gasteiger partial charge in [-0.15, -0.1) is 0 Å². The molecular formula is C19H18N2O6. The first kappa shape index (κ1) is 18.2. The number of nitrogens with one attached hydrogen (secondary N) is 1. The minimum atomic E-state index is -0.537. The van der Waals surface area contributed by atoms with Crippen LogP contribution in [-0.4, -0.2) is 31.3 Å². The third-order valence-corrected chi connectivity index (χ3v) is 3.84. The lowest BCUT2D eigenvalue weighted by Crippen LogP contribution is -2.11. The van der Waals surface area contributed by atoms with Crippen molar-refractivity contribution in [2.45, 2.75) is 13.5 Å². The molecule has 0 bridgehead atoms. The second-order valence-electron chi connectivity index (χ2n) is 5.66. The molecule has 1 heterocycles. The Morgan fingerprint density at radius 1 is 1.11 bits per heavy atom. The van der Waals surface area contributed by atoms with Gasteiger partial charge < -0.3 is 18.6 Å². The van der Waals surface area contributed by atoms with Crippen LogP contribution in [0.1, 0.15) is 21.8 Å². The second kappa shape index (κ2) is 7.77. The van der Waals surface area contributed by atoms with Crippen molar-refractivity contribution >= 4 is 28.8 Å². The molecule has 8 nitrogen and oxygen atoms in total. The molecule has 0 saturated heterocycles. The van der Waals surface area contributed by atoms with E-state index < -0.39 is 12.1 Å². The van der Waals surface area contributed by atoms with Crippen LogP contribution in [0.2, 0.25) is 0 Å². The average molecular weight is 370 g/mol. The summed E-state index contributed by atoms with van der Waals surface area (Å²) in [5.74, 6) is 0.538. The molecule has 3 rings (SSSR count). The summed E-state index contributed by atoms with van der Waals surface area (Å²) in [6.45, 7) is 1.96. The number of carbonyl (C=O) groups excluding carboxylic acids is 2. The van der Waals surface area contributed by atoms with Gasteiger partial charge in [0.15, 0.2) is 12.2 Å². The molecule has 0 unspecified atom stereocenters. The number of hydrogen-bond acceptors (Lipinski definition) is 7. The fourth-order valence-corrected chi connectivity index (χ4v) is 2.45. The lowest BCUT2D eigenvalue weighted by Gasteiger charge is -2.09. The molecule has 0 spiro atoms. The number of aromatic nitrogens is 1. The van der Waals surface area contributed by atoms with Gasteiger partial charge in [0.2, 0.25) is 5.89 Å². The van der Waals surface area contributed by atoms with Crippen LogP contribution in [0.5, 0.6) is 5.75 Å². The summed E-state index contributed by atoms with van der Waals surface area (Å²) in [5.41, 5.74) is 2.94. The number of carbonyl (C=O) groups is 2. The lowest BCUT2D eigenvalue weighted by atomic mass is 10.2. The smallest absolute Gasteiger partial charge is 0.411 e. The SMILES string of the molecule is COC(=O)Nc1ccc(OCc2nc3cc(C(=O)OC)ccc3o2)cc1C. The number of amides is 1. The molecule has 0 aliphatic carbocycles. The highest BCUT2D eigenvalue weighted by Gasteiger charge is 2.12. The predicted octanol–water partition coefficient (Wildman–Crippen LogP) is 3.68. The van der Waals surface area contributed by atoms with E-state index in [-0.39, 0.29) is 6.61 Å². The van der Waals surface area contributed by atoms with Crippen molar-refractivity contribution in [1.29, 1.82) is 0 Å². The molecule has 0 aliphatic heterocycles. The normalized spacial score (nSPS) is 10.5. The lowest BCUT2D eigenvalue weighted by molar-refractivity contribution is 0.0601. The Bertz CT molecular complexity index is 995. The molecule has 140 valence electrons. The van der Waals surface area contributed by atoms with Crippen LogP contribution in [0.3, 0.4) is 0 Å². The molecule has 0 radical (unpaired) electrons. The highest BCUT2D eigenvalue weighted by atomic mass is 16.5. The van der Waals surface area contributed by atoms with E-state index in [9.17, 15) is 9.59 Å². The predicted molar refractivity (Wildman–Crippen MR) is 96.9 cm³/mol. The van der Waals surface area contributed by atoms with Gasteiger partial charge in [-0.3, -0.25) is 5.32 Å². The number of anilines is 1. The van der Waals surface area contributed by atoms with E-state index in [0.29, 0.717) is 34.0 Å². The Kier molecular flexibility index (Phi) is 5.25. The molecule has 1 amide bonds. The maximum atomic E-state index is 11.6. The highest BCUT2D eigenvalue weighted by Crippen LogP contribution is 2.23. The Morgan fingerprint density at radius 3 is 2.63 bits per heavy atom. The van der Waals surface area contributed by atoms with Gasteiger partial charge in [-0.2, -0.15) is 0 Å². The highest BCUT2D eigenvalue weighted by molar-refractivity contribution is 5.93. The number of benzene rings is 2. The van der Waals surface area contributed by atoms with Gasteiger partial charge in [-0.25, -0.2) is 14.6 Å².